The van der Waals surface area contributed by atoms with Gasteiger partial charge >= 0.3 is 5.97 Å². The highest BCUT2D eigenvalue weighted by Gasteiger charge is 2.23. The summed E-state index contributed by atoms with van der Waals surface area (Å²) in [4.78, 5) is 12.2. The maximum Gasteiger partial charge on any atom is 0.313 e. The van der Waals surface area contributed by atoms with Crippen LogP contribution in [0.1, 0.15) is 24.3 Å². The van der Waals surface area contributed by atoms with E-state index in [0.29, 0.717) is 6.42 Å². The van der Waals surface area contributed by atoms with Crippen LogP contribution in [0.4, 0.5) is 0 Å². The fraction of sp³-hybridized carbons (Fsp3) is 0.421. The highest BCUT2D eigenvalue weighted by molar-refractivity contribution is 5.85. The van der Waals surface area contributed by atoms with Crippen molar-refractivity contribution in [2.75, 3.05) is 27.8 Å². The Morgan fingerprint density at radius 1 is 1.09 bits per heavy atom. The van der Waals surface area contributed by atoms with Crippen molar-refractivity contribution in [2.24, 2.45) is 0 Å². The summed E-state index contributed by atoms with van der Waals surface area (Å²) in [7, 11) is 5.04. The summed E-state index contributed by atoms with van der Waals surface area (Å²) in [5.41, 5.74) is 0.995. The third kappa shape index (κ3) is 4.53. The van der Waals surface area contributed by atoms with E-state index in [1.807, 2.05) is 25.2 Å². The van der Waals surface area contributed by atoms with E-state index in [1.54, 1.807) is 7.11 Å². The number of rotatable bonds is 8. The van der Waals surface area contributed by atoms with Gasteiger partial charge in [0.2, 0.25) is 0 Å². The number of likely N-dealkylation sites (N-methyl/N-ethyl adjacent to an activating group) is 1. The van der Waals surface area contributed by atoms with Crippen LogP contribution in [-0.2, 0) is 14.3 Å². The third-order valence-corrected chi connectivity index (χ3v) is 4.20. The lowest BCUT2D eigenvalue weighted by molar-refractivity contribution is -0.142. The normalized spacial score (nSPS) is 13.7. The molecule has 0 heterocycles. The lowest BCUT2D eigenvalue weighted by atomic mass is 9.91. The van der Waals surface area contributed by atoms with Crippen molar-refractivity contribution in [1.29, 1.82) is 0 Å². The van der Waals surface area contributed by atoms with E-state index in [1.165, 1.54) is 12.5 Å². The molecule has 0 aliphatic heterocycles. The van der Waals surface area contributed by atoms with Crippen molar-refractivity contribution in [3.05, 3.63) is 48.0 Å². The molecule has 0 radical (unpaired) electrons. The molecule has 0 aromatic heterocycles. The largest absolute Gasteiger partial charge is 0.469 e. The number of methoxy groups -OCH3 is 2. The highest BCUT2D eigenvalue weighted by atomic mass is 16.5. The maximum absolute atomic E-state index is 12.2. The van der Waals surface area contributed by atoms with Gasteiger partial charge in [0, 0.05) is 13.7 Å². The van der Waals surface area contributed by atoms with Crippen LogP contribution in [0.3, 0.4) is 0 Å². The molecule has 4 nitrogen and oxygen atoms in total. The zero-order valence-electron chi connectivity index (χ0n) is 14.0. The minimum atomic E-state index is -0.265. The molecule has 2 rings (SSSR count). The second kappa shape index (κ2) is 8.65. The fourth-order valence-corrected chi connectivity index (χ4v) is 2.87. The number of esters is 1. The van der Waals surface area contributed by atoms with E-state index in [-0.39, 0.29) is 18.0 Å². The van der Waals surface area contributed by atoms with Crippen molar-refractivity contribution in [2.45, 2.75) is 24.9 Å². The van der Waals surface area contributed by atoms with Gasteiger partial charge in [-0.1, -0.05) is 42.5 Å². The average molecular weight is 315 g/mol. The topological polar surface area (TPSA) is 47.6 Å². The van der Waals surface area contributed by atoms with Gasteiger partial charge in [0.1, 0.15) is 0 Å². The van der Waals surface area contributed by atoms with Crippen LogP contribution < -0.4 is 5.32 Å². The Kier molecular flexibility index (Phi) is 6.56. The van der Waals surface area contributed by atoms with Crippen LogP contribution in [-0.4, -0.2) is 39.9 Å². The summed E-state index contributed by atoms with van der Waals surface area (Å²) in [6.45, 7) is 0.766. The average Bonchev–Trinajstić information content (AvgIpc) is 2.60. The van der Waals surface area contributed by atoms with Crippen LogP contribution >= 0.6 is 0 Å². The van der Waals surface area contributed by atoms with Gasteiger partial charge in [-0.2, -0.15) is 0 Å². The van der Waals surface area contributed by atoms with Crippen molar-refractivity contribution < 1.29 is 14.3 Å². The predicted molar refractivity (Wildman–Crippen MR) is 92.7 cm³/mol. The van der Waals surface area contributed by atoms with Crippen molar-refractivity contribution in [3.63, 3.8) is 0 Å². The van der Waals surface area contributed by atoms with Gasteiger partial charge in [0.15, 0.2) is 0 Å². The molecule has 0 saturated carbocycles. The number of ether oxygens (including phenoxy) is 2. The summed E-state index contributed by atoms with van der Waals surface area (Å²) in [6.07, 6.45) is 1.59. The molecule has 0 amide bonds. The zero-order chi connectivity index (χ0) is 16.7. The first-order valence-electron chi connectivity index (χ1n) is 7.93. The Balaban J connectivity index is 2.20. The number of carbonyl (C=O) groups is 1. The Labute approximate surface area is 137 Å². The number of nitrogens with one attached hydrogen (secondary N) is 1. The summed E-state index contributed by atoms with van der Waals surface area (Å²) in [5.74, 6) is -0.460. The Bertz CT molecular complexity index is 641. The molecule has 0 spiro atoms. The zero-order valence-corrected chi connectivity index (χ0v) is 14.0. The molecule has 1 N–H and O–H groups in total. The molecular formula is C19H25NO3. The molecule has 2 aromatic rings. The van der Waals surface area contributed by atoms with Gasteiger partial charge < -0.3 is 14.8 Å². The third-order valence-electron chi connectivity index (χ3n) is 4.20. The van der Waals surface area contributed by atoms with E-state index in [9.17, 15) is 4.79 Å². The highest BCUT2D eigenvalue weighted by Crippen LogP contribution is 2.27. The van der Waals surface area contributed by atoms with Gasteiger partial charge in [-0.05, 0) is 36.2 Å². The predicted octanol–water partition coefficient (Wildman–Crippen LogP) is 3.11. The molecule has 23 heavy (non-hydrogen) atoms. The quantitative estimate of drug-likeness (QED) is 0.760. The molecule has 0 saturated heterocycles. The minimum absolute atomic E-state index is 0.0904. The fourth-order valence-electron chi connectivity index (χ4n) is 2.87. The number of fused-ring (bicyclic) bond motifs is 1. The Morgan fingerprint density at radius 3 is 2.48 bits per heavy atom. The molecule has 2 aromatic carbocycles. The molecule has 124 valence electrons. The standard InChI is InChI=1S/C19H25NO3/c1-20-13-17(22-2)10-11-18(19(21)23-3)16-9-8-14-6-4-5-7-15(14)12-16/h4-9,12,17-18,20H,10-11,13H2,1-3H3/t17-,18+/m1/s1. The first kappa shape index (κ1) is 17.4. The number of carbonyl (C=O) groups excluding carboxylic acids is 1. The molecule has 0 unspecified atom stereocenters. The second-order valence-electron chi connectivity index (χ2n) is 5.68. The van der Waals surface area contributed by atoms with Crippen LogP contribution in [0, 0.1) is 0 Å². The Hall–Kier alpha value is -1.91. The monoisotopic (exact) mass is 315 g/mol. The number of benzene rings is 2. The molecule has 0 aliphatic carbocycles. The second-order valence-corrected chi connectivity index (χ2v) is 5.68. The van der Waals surface area contributed by atoms with Gasteiger partial charge in [-0.25, -0.2) is 0 Å². The Morgan fingerprint density at radius 2 is 1.83 bits per heavy atom. The van der Waals surface area contributed by atoms with Crippen molar-refractivity contribution >= 4 is 16.7 Å². The van der Waals surface area contributed by atoms with Crippen molar-refractivity contribution in [3.8, 4) is 0 Å². The van der Waals surface area contributed by atoms with Crippen LogP contribution in [0.5, 0.6) is 0 Å². The molecule has 0 fully saturated rings. The van der Waals surface area contributed by atoms with Gasteiger partial charge in [0.25, 0.3) is 0 Å². The maximum atomic E-state index is 12.2. The lowest BCUT2D eigenvalue weighted by Crippen LogP contribution is -2.27. The molecular weight excluding hydrogens is 290 g/mol. The van der Waals surface area contributed by atoms with E-state index >= 15 is 0 Å². The summed E-state index contributed by atoms with van der Waals surface area (Å²) < 4.78 is 10.5. The van der Waals surface area contributed by atoms with Crippen LogP contribution in [0.15, 0.2) is 42.5 Å². The SMILES string of the molecule is CNC[C@@H](CC[C@H](C(=O)OC)c1ccc2ccccc2c1)OC. The van der Waals surface area contributed by atoms with E-state index < -0.39 is 0 Å². The van der Waals surface area contributed by atoms with Crippen molar-refractivity contribution in [1.82, 2.24) is 5.32 Å². The summed E-state index contributed by atoms with van der Waals surface area (Å²) >= 11 is 0. The number of hydrogen-bond donors (Lipinski definition) is 1. The van der Waals surface area contributed by atoms with Crippen LogP contribution in [0.2, 0.25) is 0 Å². The summed E-state index contributed by atoms with van der Waals surface area (Å²) in [5, 5.41) is 5.42. The number of hydrogen-bond acceptors (Lipinski definition) is 4. The first-order valence-corrected chi connectivity index (χ1v) is 7.93. The van der Waals surface area contributed by atoms with Crippen LogP contribution in [0.25, 0.3) is 10.8 Å². The van der Waals surface area contributed by atoms with E-state index in [4.69, 9.17) is 9.47 Å². The van der Waals surface area contributed by atoms with Gasteiger partial charge in [-0.15, -0.1) is 0 Å². The summed E-state index contributed by atoms with van der Waals surface area (Å²) in [6, 6.07) is 14.3. The molecule has 0 aliphatic rings. The van der Waals surface area contributed by atoms with E-state index in [2.05, 4.69) is 29.6 Å². The van der Waals surface area contributed by atoms with Gasteiger partial charge in [-0.3, -0.25) is 4.79 Å². The molecule has 2 atom stereocenters. The lowest BCUT2D eigenvalue weighted by Gasteiger charge is -2.19. The molecule has 4 heteroatoms. The van der Waals surface area contributed by atoms with Gasteiger partial charge in [0.05, 0.1) is 19.1 Å². The molecule has 0 bridgehead atoms. The van der Waals surface area contributed by atoms with E-state index in [0.717, 1.165) is 23.9 Å². The first-order chi connectivity index (χ1) is 11.2. The smallest absolute Gasteiger partial charge is 0.313 e. The minimum Gasteiger partial charge on any atom is -0.469 e.